The molecule has 0 heterocycles. The number of para-hydroxylation sites is 1. The highest BCUT2D eigenvalue weighted by molar-refractivity contribution is 5.91. The van der Waals surface area contributed by atoms with Crippen molar-refractivity contribution in [3.05, 3.63) is 29.3 Å². The first-order chi connectivity index (χ1) is 14.6. The van der Waals surface area contributed by atoms with Crippen LogP contribution < -0.4 is 10.6 Å². The normalized spacial score (nSPS) is 12.8. The van der Waals surface area contributed by atoms with E-state index in [2.05, 4.69) is 10.6 Å². The molecule has 0 fully saturated rings. The van der Waals surface area contributed by atoms with Crippen LogP contribution in [0.4, 0.5) is 4.79 Å². The maximum atomic E-state index is 13.4. The fourth-order valence-electron chi connectivity index (χ4n) is 3.21. The van der Waals surface area contributed by atoms with E-state index in [9.17, 15) is 19.5 Å². The second-order valence-corrected chi connectivity index (χ2v) is 9.86. The lowest BCUT2D eigenvalue weighted by molar-refractivity contribution is -0.147. The van der Waals surface area contributed by atoms with E-state index in [1.807, 2.05) is 34.6 Å². The van der Waals surface area contributed by atoms with Gasteiger partial charge >= 0.3 is 6.09 Å². The molecule has 1 rings (SSSR count). The highest BCUT2D eigenvalue weighted by Gasteiger charge is 2.41. The van der Waals surface area contributed by atoms with E-state index >= 15 is 0 Å². The minimum Gasteiger partial charge on any atom is -0.507 e. The molecule has 0 aromatic heterocycles. The molecule has 180 valence electrons. The topological polar surface area (TPSA) is 108 Å². The van der Waals surface area contributed by atoms with E-state index in [0.29, 0.717) is 17.5 Å². The lowest BCUT2D eigenvalue weighted by atomic mass is 9.91. The number of aromatic hydroxyl groups is 1. The first-order valence-electron chi connectivity index (χ1n) is 11.0. The molecule has 0 aliphatic rings. The van der Waals surface area contributed by atoms with E-state index in [0.717, 1.165) is 0 Å². The Hall–Kier alpha value is -2.77. The molecule has 0 aliphatic carbocycles. The largest absolute Gasteiger partial charge is 0.507 e. The molecule has 0 saturated heterocycles. The second-order valence-electron chi connectivity index (χ2n) is 9.86. The predicted octanol–water partition coefficient (Wildman–Crippen LogP) is 3.81. The Bertz CT molecular complexity index is 827. The highest BCUT2D eigenvalue weighted by Crippen LogP contribution is 2.36. The summed E-state index contributed by atoms with van der Waals surface area (Å²) in [7, 11) is 0. The van der Waals surface area contributed by atoms with Gasteiger partial charge in [0.25, 0.3) is 0 Å². The number of ether oxygens (including phenoxy) is 1. The molecular weight excluding hydrogens is 410 g/mol. The quantitative estimate of drug-likeness (QED) is 0.559. The summed E-state index contributed by atoms with van der Waals surface area (Å²) < 4.78 is 5.22. The van der Waals surface area contributed by atoms with Crippen LogP contribution >= 0.6 is 0 Å². The number of rotatable bonds is 8. The summed E-state index contributed by atoms with van der Waals surface area (Å²) in [4.78, 5) is 40.3. The number of hydrogen-bond acceptors (Lipinski definition) is 5. The number of nitrogens with zero attached hydrogens (tertiary/aromatic N) is 1. The van der Waals surface area contributed by atoms with Crippen LogP contribution in [0.3, 0.4) is 0 Å². The number of phenolic OH excluding ortho intramolecular Hbond substituents is 1. The van der Waals surface area contributed by atoms with Gasteiger partial charge in [0.2, 0.25) is 11.8 Å². The molecule has 0 radical (unpaired) electrons. The average Bonchev–Trinajstić information content (AvgIpc) is 2.64. The number of phenols is 1. The zero-order chi connectivity index (χ0) is 24.9. The van der Waals surface area contributed by atoms with Crippen LogP contribution in [0.2, 0.25) is 0 Å². The van der Waals surface area contributed by atoms with Crippen LogP contribution in [0, 0.1) is 6.92 Å². The first kappa shape index (κ1) is 27.3. The molecule has 1 aromatic carbocycles. The van der Waals surface area contributed by atoms with Gasteiger partial charge in [-0.2, -0.15) is 0 Å². The van der Waals surface area contributed by atoms with Gasteiger partial charge in [-0.3, -0.25) is 9.59 Å². The summed E-state index contributed by atoms with van der Waals surface area (Å²) in [5, 5.41) is 16.1. The Morgan fingerprint density at radius 2 is 1.72 bits per heavy atom. The van der Waals surface area contributed by atoms with Gasteiger partial charge in [0.15, 0.2) is 0 Å². The number of carbonyl (C=O) groups excluding carboxylic acids is 3. The smallest absolute Gasteiger partial charge is 0.408 e. The van der Waals surface area contributed by atoms with Crippen LogP contribution in [0.1, 0.15) is 79.0 Å². The highest BCUT2D eigenvalue weighted by atomic mass is 16.6. The van der Waals surface area contributed by atoms with E-state index in [-0.39, 0.29) is 18.3 Å². The van der Waals surface area contributed by atoms with Crippen LogP contribution in [0.25, 0.3) is 0 Å². The monoisotopic (exact) mass is 449 g/mol. The average molecular weight is 450 g/mol. The van der Waals surface area contributed by atoms with Gasteiger partial charge in [-0.25, -0.2) is 4.79 Å². The van der Waals surface area contributed by atoms with Gasteiger partial charge < -0.3 is 25.4 Å². The third-order valence-corrected chi connectivity index (χ3v) is 5.07. The summed E-state index contributed by atoms with van der Waals surface area (Å²) in [6.45, 7) is 15.8. The molecule has 1 atom stereocenters. The fourth-order valence-corrected chi connectivity index (χ4v) is 3.21. The third-order valence-electron chi connectivity index (χ3n) is 5.07. The number of alkyl carbamates (subject to hydrolysis) is 1. The van der Waals surface area contributed by atoms with E-state index < -0.39 is 35.1 Å². The molecule has 1 aromatic rings. The molecule has 1 unspecified atom stereocenters. The van der Waals surface area contributed by atoms with Gasteiger partial charge in [0.1, 0.15) is 23.9 Å². The summed E-state index contributed by atoms with van der Waals surface area (Å²) in [6, 6.07) is 3.86. The van der Waals surface area contributed by atoms with E-state index in [1.165, 1.54) is 4.90 Å². The van der Waals surface area contributed by atoms with Crippen LogP contribution in [0.5, 0.6) is 5.75 Å². The number of aryl methyl sites for hydroxylation is 1. The van der Waals surface area contributed by atoms with Gasteiger partial charge in [-0.1, -0.05) is 25.1 Å². The number of hydrogen-bond donors (Lipinski definition) is 3. The van der Waals surface area contributed by atoms with E-state index in [4.69, 9.17) is 4.74 Å². The van der Waals surface area contributed by atoms with E-state index in [1.54, 1.807) is 45.9 Å². The number of carbonyl (C=O) groups is 3. The van der Waals surface area contributed by atoms with Gasteiger partial charge in [-0.15, -0.1) is 0 Å². The van der Waals surface area contributed by atoms with Gasteiger partial charge in [-0.05, 0) is 67.4 Å². The molecule has 8 nitrogen and oxygen atoms in total. The lowest BCUT2D eigenvalue weighted by Gasteiger charge is -2.43. The Morgan fingerprint density at radius 3 is 2.22 bits per heavy atom. The van der Waals surface area contributed by atoms with Crippen molar-refractivity contribution in [3.8, 4) is 5.75 Å². The Labute approximate surface area is 191 Å². The Balaban J connectivity index is 3.44. The molecule has 0 aliphatic heterocycles. The molecule has 0 saturated carbocycles. The molecule has 0 bridgehead atoms. The van der Waals surface area contributed by atoms with Gasteiger partial charge in [0, 0.05) is 17.1 Å². The number of amides is 3. The van der Waals surface area contributed by atoms with Crippen LogP contribution in [-0.4, -0.2) is 51.6 Å². The summed E-state index contributed by atoms with van der Waals surface area (Å²) in [5.41, 5.74) is -0.529. The summed E-state index contributed by atoms with van der Waals surface area (Å²) in [6.07, 6.45) is -0.176. The van der Waals surface area contributed by atoms with Crippen molar-refractivity contribution in [2.75, 3.05) is 6.54 Å². The summed E-state index contributed by atoms with van der Waals surface area (Å²) in [5.74, 6) is -0.915. The van der Waals surface area contributed by atoms with Crippen molar-refractivity contribution in [2.45, 2.75) is 92.0 Å². The zero-order valence-corrected chi connectivity index (χ0v) is 20.8. The van der Waals surface area contributed by atoms with Crippen molar-refractivity contribution in [3.63, 3.8) is 0 Å². The minimum atomic E-state index is -1.08. The maximum Gasteiger partial charge on any atom is 0.408 e. The van der Waals surface area contributed by atoms with Gasteiger partial charge in [0.05, 0.1) is 0 Å². The molecule has 3 amide bonds. The zero-order valence-electron chi connectivity index (χ0n) is 20.8. The minimum absolute atomic E-state index is 0.0405. The maximum absolute atomic E-state index is 13.4. The molecule has 3 N–H and O–H groups in total. The summed E-state index contributed by atoms with van der Waals surface area (Å²) >= 11 is 0. The van der Waals surface area contributed by atoms with Crippen molar-refractivity contribution in [1.29, 1.82) is 0 Å². The van der Waals surface area contributed by atoms with Crippen molar-refractivity contribution in [1.82, 2.24) is 15.5 Å². The van der Waals surface area contributed by atoms with Crippen molar-refractivity contribution < 1.29 is 24.2 Å². The first-order valence-corrected chi connectivity index (χ1v) is 11.0. The van der Waals surface area contributed by atoms with Crippen LogP contribution in [-0.2, 0) is 14.3 Å². The van der Waals surface area contributed by atoms with Crippen molar-refractivity contribution >= 4 is 17.9 Å². The third kappa shape index (κ3) is 7.43. The lowest BCUT2D eigenvalue weighted by Crippen LogP contribution is -2.56. The Morgan fingerprint density at radius 1 is 1.12 bits per heavy atom. The molecule has 32 heavy (non-hydrogen) atoms. The predicted molar refractivity (Wildman–Crippen MR) is 124 cm³/mol. The molecule has 0 spiro atoms. The number of nitrogens with one attached hydrogen (secondary N) is 2. The number of benzene rings is 1. The molecule has 8 heteroatoms. The van der Waals surface area contributed by atoms with Crippen molar-refractivity contribution in [2.24, 2.45) is 0 Å². The second kappa shape index (κ2) is 10.7. The molecular formula is C24H39N3O5. The Kier molecular flexibility index (Phi) is 9.12. The standard InChI is InChI=1S/C24H39N3O5/c1-10-24(8,9)27(18(28)14-25-22(31)32-23(5,6)7)19(21(30)26-15(2)3)17-13-11-12-16(4)20(17)29/h11-13,15,19,29H,10,14H2,1-9H3,(H,25,31)(H,26,30). The van der Waals surface area contributed by atoms with Crippen LogP contribution in [0.15, 0.2) is 18.2 Å². The fraction of sp³-hybridized carbons (Fsp3) is 0.625. The SMILES string of the molecule is CCC(C)(C)N(C(=O)CNC(=O)OC(C)(C)C)C(C(=O)NC(C)C)c1cccc(C)c1O.